The molecule has 1 unspecified atom stereocenters. The predicted octanol–water partition coefficient (Wildman–Crippen LogP) is 2.63. The molecule has 1 saturated heterocycles. The zero-order valence-electron chi connectivity index (χ0n) is 13.2. The van der Waals surface area contributed by atoms with Gasteiger partial charge < -0.3 is 10.2 Å². The second kappa shape index (κ2) is 7.92. The summed E-state index contributed by atoms with van der Waals surface area (Å²) >= 11 is 3.10. The first kappa shape index (κ1) is 17.2. The topological polar surface area (TPSA) is 75.2 Å². The van der Waals surface area contributed by atoms with E-state index in [-0.39, 0.29) is 17.7 Å². The van der Waals surface area contributed by atoms with Gasteiger partial charge in [0, 0.05) is 31.2 Å². The third-order valence-electron chi connectivity index (χ3n) is 3.82. The third kappa shape index (κ3) is 4.67. The molecule has 22 heavy (non-hydrogen) atoms. The lowest BCUT2D eigenvalue weighted by Crippen LogP contribution is -2.40. The van der Waals surface area contributed by atoms with Crippen LogP contribution in [0.1, 0.15) is 40.0 Å². The van der Waals surface area contributed by atoms with Crippen LogP contribution in [0, 0.1) is 5.92 Å². The summed E-state index contributed by atoms with van der Waals surface area (Å²) in [6, 6.07) is 0. The largest absolute Gasteiger partial charge is 0.343 e. The molecule has 2 amide bonds. The highest BCUT2D eigenvalue weighted by Gasteiger charge is 2.26. The van der Waals surface area contributed by atoms with E-state index in [1.165, 1.54) is 11.3 Å². The summed E-state index contributed by atoms with van der Waals surface area (Å²) in [4.78, 5) is 25.3. The number of piperidine rings is 1. The summed E-state index contributed by atoms with van der Waals surface area (Å²) in [7, 11) is 0. The second-order valence-electron chi connectivity index (χ2n) is 5.48. The molecule has 0 radical (unpaired) electrons. The van der Waals surface area contributed by atoms with Gasteiger partial charge in [0.05, 0.1) is 0 Å². The van der Waals surface area contributed by atoms with Crippen molar-refractivity contribution in [1.82, 2.24) is 15.1 Å². The minimum Gasteiger partial charge on any atom is -0.343 e. The van der Waals surface area contributed by atoms with Gasteiger partial charge in [-0.15, -0.1) is 10.2 Å². The van der Waals surface area contributed by atoms with E-state index in [1.54, 1.807) is 23.6 Å². The summed E-state index contributed by atoms with van der Waals surface area (Å²) in [6.45, 7) is 7.15. The van der Waals surface area contributed by atoms with E-state index in [1.807, 2.05) is 0 Å². The number of nitrogens with zero attached hydrogens (tertiary/aromatic N) is 3. The molecule has 0 bridgehead atoms. The Morgan fingerprint density at radius 2 is 2.09 bits per heavy atom. The molecule has 8 heteroatoms. The maximum atomic E-state index is 12.2. The zero-order valence-corrected chi connectivity index (χ0v) is 14.8. The van der Waals surface area contributed by atoms with Crippen LogP contribution in [0.5, 0.6) is 0 Å². The van der Waals surface area contributed by atoms with Crippen molar-refractivity contribution >= 4 is 40.0 Å². The second-order valence-corrected chi connectivity index (χ2v) is 8.14. The standard InChI is InChI=1S/C14H22N4O2S2/c1-4-9(2)21-14-17-16-13(22-14)15-12(20)11-5-7-18(8-6-11)10(3)19/h9,11H,4-8H2,1-3H3,(H,15,16,20). The molecule has 1 aromatic rings. The van der Waals surface area contributed by atoms with E-state index in [0.717, 1.165) is 10.8 Å². The molecule has 0 aromatic carbocycles. The number of hydrogen-bond donors (Lipinski definition) is 1. The van der Waals surface area contributed by atoms with Crippen LogP contribution in [0.25, 0.3) is 0 Å². The average Bonchev–Trinajstić information content (AvgIpc) is 2.94. The summed E-state index contributed by atoms with van der Waals surface area (Å²) in [5, 5.41) is 12.0. The van der Waals surface area contributed by atoms with Crippen molar-refractivity contribution in [2.45, 2.75) is 49.6 Å². The van der Waals surface area contributed by atoms with Crippen LogP contribution in [-0.4, -0.2) is 45.3 Å². The quantitative estimate of drug-likeness (QED) is 0.657. The highest BCUT2D eigenvalue weighted by Crippen LogP contribution is 2.30. The van der Waals surface area contributed by atoms with E-state index in [0.29, 0.717) is 36.3 Å². The SMILES string of the molecule is CCC(C)Sc1nnc(NC(=O)C2CCN(C(C)=O)CC2)s1. The van der Waals surface area contributed by atoms with Crippen molar-refractivity contribution in [3.63, 3.8) is 0 Å². The number of hydrogen-bond acceptors (Lipinski definition) is 6. The van der Waals surface area contributed by atoms with Crippen LogP contribution in [0.15, 0.2) is 4.34 Å². The number of nitrogens with one attached hydrogen (secondary N) is 1. The van der Waals surface area contributed by atoms with Crippen LogP contribution < -0.4 is 5.32 Å². The molecular weight excluding hydrogens is 320 g/mol. The molecule has 0 aliphatic carbocycles. The van der Waals surface area contributed by atoms with Gasteiger partial charge in [0.15, 0.2) is 4.34 Å². The van der Waals surface area contributed by atoms with Gasteiger partial charge in [-0.25, -0.2) is 0 Å². The van der Waals surface area contributed by atoms with Gasteiger partial charge in [-0.2, -0.15) is 0 Å². The van der Waals surface area contributed by atoms with Crippen LogP contribution in [-0.2, 0) is 9.59 Å². The van der Waals surface area contributed by atoms with E-state index in [2.05, 4.69) is 29.4 Å². The third-order valence-corrected chi connectivity index (χ3v) is 6.02. The fourth-order valence-electron chi connectivity index (χ4n) is 2.23. The Morgan fingerprint density at radius 3 is 2.68 bits per heavy atom. The summed E-state index contributed by atoms with van der Waals surface area (Å²) in [6.07, 6.45) is 2.48. The molecule has 1 aliphatic rings. The lowest BCUT2D eigenvalue weighted by molar-refractivity contribution is -0.132. The number of amides is 2. The van der Waals surface area contributed by atoms with Crippen molar-refractivity contribution in [2.24, 2.45) is 5.92 Å². The Bertz CT molecular complexity index is 527. The fourth-order valence-corrected chi connectivity index (χ4v) is 4.23. The molecule has 1 aliphatic heterocycles. The maximum Gasteiger partial charge on any atom is 0.229 e. The van der Waals surface area contributed by atoms with Gasteiger partial charge >= 0.3 is 0 Å². The molecule has 1 fully saturated rings. The molecular formula is C14H22N4O2S2. The lowest BCUT2D eigenvalue weighted by Gasteiger charge is -2.30. The normalized spacial score (nSPS) is 17.3. The Hall–Kier alpha value is -1.15. The molecule has 2 heterocycles. The van der Waals surface area contributed by atoms with Crippen LogP contribution in [0.4, 0.5) is 5.13 Å². The summed E-state index contributed by atoms with van der Waals surface area (Å²) in [5.74, 6) is 0.0132. The first-order valence-electron chi connectivity index (χ1n) is 7.56. The summed E-state index contributed by atoms with van der Waals surface area (Å²) in [5.41, 5.74) is 0. The van der Waals surface area contributed by atoms with Crippen LogP contribution in [0.3, 0.4) is 0 Å². The number of aromatic nitrogens is 2. The average molecular weight is 342 g/mol. The van der Waals surface area contributed by atoms with Crippen molar-refractivity contribution in [1.29, 1.82) is 0 Å². The Morgan fingerprint density at radius 1 is 1.41 bits per heavy atom. The van der Waals surface area contributed by atoms with E-state index in [9.17, 15) is 9.59 Å². The van der Waals surface area contributed by atoms with E-state index in [4.69, 9.17) is 0 Å². The van der Waals surface area contributed by atoms with Crippen molar-refractivity contribution in [3.8, 4) is 0 Å². The highest BCUT2D eigenvalue weighted by molar-refractivity contribution is 8.01. The van der Waals surface area contributed by atoms with Gasteiger partial charge in [0.25, 0.3) is 0 Å². The first-order chi connectivity index (χ1) is 10.5. The van der Waals surface area contributed by atoms with E-state index >= 15 is 0 Å². The molecule has 1 N–H and O–H groups in total. The highest BCUT2D eigenvalue weighted by atomic mass is 32.2. The number of carbonyl (C=O) groups is 2. The molecule has 1 atom stereocenters. The lowest BCUT2D eigenvalue weighted by atomic mass is 9.96. The maximum absolute atomic E-state index is 12.2. The molecule has 0 spiro atoms. The summed E-state index contributed by atoms with van der Waals surface area (Å²) < 4.78 is 0.885. The number of likely N-dealkylation sites (tertiary alicyclic amines) is 1. The number of rotatable bonds is 5. The van der Waals surface area contributed by atoms with Crippen molar-refractivity contribution in [3.05, 3.63) is 0 Å². The number of carbonyl (C=O) groups excluding carboxylic acids is 2. The van der Waals surface area contributed by atoms with E-state index < -0.39 is 0 Å². The Labute approximate surface area is 139 Å². The molecule has 1 aromatic heterocycles. The molecule has 122 valence electrons. The predicted molar refractivity (Wildman–Crippen MR) is 89.1 cm³/mol. The molecule has 0 saturated carbocycles. The molecule has 6 nitrogen and oxygen atoms in total. The van der Waals surface area contributed by atoms with Crippen LogP contribution in [0.2, 0.25) is 0 Å². The van der Waals surface area contributed by atoms with Gasteiger partial charge in [-0.1, -0.05) is 36.9 Å². The van der Waals surface area contributed by atoms with Crippen LogP contribution >= 0.6 is 23.1 Å². The zero-order chi connectivity index (χ0) is 16.1. The number of thioether (sulfide) groups is 1. The van der Waals surface area contributed by atoms with Crippen molar-refractivity contribution < 1.29 is 9.59 Å². The van der Waals surface area contributed by atoms with Gasteiger partial charge in [0.2, 0.25) is 16.9 Å². The minimum absolute atomic E-state index is 0.0144. The molecule has 2 rings (SSSR count). The minimum atomic E-state index is -0.0508. The number of anilines is 1. The fraction of sp³-hybridized carbons (Fsp3) is 0.714. The monoisotopic (exact) mass is 342 g/mol. The first-order valence-corrected chi connectivity index (χ1v) is 9.25. The van der Waals surface area contributed by atoms with Gasteiger partial charge in [-0.05, 0) is 19.3 Å². The van der Waals surface area contributed by atoms with Crippen molar-refractivity contribution in [2.75, 3.05) is 18.4 Å². The van der Waals surface area contributed by atoms with Gasteiger partial charge in [-0.3, -0.25) is 9.59 Å². The Kier molecular flexibility index (Phi) is 6.19. The van der Waals surface area contributed by atoms with Gasteiger partial charge in [0.1, 0.15) is 0 Å². The Balaban J connectivity index is 1.84. The smallest absolute Gasteiger partial charge is 0.229 e.